The van der Waals surface area contributed by atoms with Gasteiger partial charge in [-0.3, -0.25) is 0 Å². The number of sulfonamides is 1. The van der Waals surface area contributed by atoms with Crippen LogP contribution in [0.3, 0.4) is 0 Å². The van der Waals surface area contributed by atoms with Gasteiger partial charge in [-0.05, 0) is 12.1 Å². The molecule has 8 heteroatoms. The van der Waals surface area contributed by atoms with Gasteiger partial charge in [0.1, 0.15) is 4.90 Å². The lowest BCUT2D eigenvalue weighted by atomic mass is 10.3. The Bertz CT molecular complexity index is 534. The molecule has 100 valence electrons. The molecule has 1 aliphatic rings. The molecule has 1 saturated heterocycles. The van der Waals surface area contributed by atoms with Gasteiger partial charge in [0.25, 0.3) is 0 Å². The lowest BCUT2D eigenvalue weighted by Crippen LogP contribution is -2.38. The third-order valence-electron chi connectivity index (χ3n) is 2.59. The van der Waals surface area contributed by atoms with Crippen LogP contribution in [0.5, 0.6) is 0 Å². The summed E-state index contributed by atoms with van der Waals surface area (Å²) in [5.41, 5.74) is 5.91. The average Bonchev–Trinajstić information content (AvgIpc) is 2.28. The van der Waals surface area contributed by atoms with Crippen molar-refractivity contribution in [3.8, 4) is 0 Å². The van der Waals surface area contributed by atoms with E-state index in [0.717, 1.165) is 11.5 Å². The van der Waals surface area contributed by atoms with Gasteiger partial charge in [-0.15, -0.1) is 0 Å². The molecular formula is C10H12Cl2N2O2S2. The predicted octanol–water partition coefficient (Wildman–Crippen LogP) is 2.31. The second kappa shape index (κ2) is 5.46. The molecule has 2 N–H and O–H groups in total. The zero-order valence-corrected chi connectivity index (χ0v) is 12.5. The molecular weight excluding hydrogens is 315 g/mol. The Labute approximate surface area is 120 Å². The predicted molar refractivity (Wildman–Crippen MR) is 77.0 cm³/mol. The van der Waals surface area contributed by atoms with E-state index in [1.807, 2.05) is 0 Å². The van der Waals surface area contributed by atoms with Crippen LogP contribution in [0.2, 0.25) is 10.0 Å². The zero-order chi connectivity index (χ0) is 13.3. The van der Waals surface area contributed by atoms with E-state index in [1.165, 1.54) is 16.4 Å². The molecule has 1 aromatic carbocycles. The fourth-order valence-corrected chi connectivity index (χ4v) is 5.50. The van der Waals surface area contributed by atoms with Gasteiger partial charge in [-0.1, -0.05) is 23.2 Å². The number of nitrogens with two attached hydrogens (primary N) is 1. The maximum absolute atomic E-state index is 12.4. The second-order valence-electron chi connectivity index (χ2n) is 3.83. The van der Waals surface area contributed by atoms with Crippen LogP contribution in [0.1, 0.15) is 0 Å². The van der Waals surface area contributed by atoms with E-state index >= 15 is 0 Å². The number of hydrogen-bond donors (Lipinski definition) is 1. The van der Waals surface area contributed by atoms with E-state index in [9.17, 15) is 8.42 Å². The van der Waals surface area contributed by atoms with Gasteiger partial charge in [0.2, 0.25) is 10.0 Å². The number of benzene rings is 1. The quantitative estimate of drug-likeness (QED) is 0.847. The summed E-state index contributed by atoms with van der Waals surface area (Å²) in [5.74, 6) is 1.56. The summed E-state index contributed by atoms with van der Waals surface area (Å²) in [7, 11) is -3.64. The maximum atomic E-state index is 12.4. The topological polar surface area (TPSA) is 63.4 Å². The molecule has 1 aliphatic heterocycles. The average molecular weight is 327 g/mol. The fraction of sp³-hybridized carbons (Fsp3) is 0.400. The van der Waals surface area contributed by atoms with Gasteiger partial charge in [0.05, 0.1) is 10.0 Å². The van der Waals surface area contributed by atoms with Crippen LogP contribution in [0.25, 0.3) is 0 Å². The Balaban J connectivity index is 2.47. The zero-order valence-electron chi connectivity index (χ0n) is 9.40. The molecule has 0 bridgehead atoms. The Kier molecular flexibility index (Phi) is 4.33. The van der Waals surface area contributed by atoms with Gasteiger partial charge >= 0.3 is 0 Å². The van der Waals surface area contributed by atoms with Gasteiger partial charge in [0.15, 0.2) is 0 Å². The fourth-order valence-electron chi connectivity index (χ4n) is 1.74. The van der Waals surface area contributed by atoms with Crippen LogP contribution in [0.15, 0.2) is 17.0 Å². The first-order valence-corrected chi connectivity index (χ1v) is 8.60. The SMILES string of the molecule is Nc1cc(Cl)c(S(=O)(=O)N2CCSCC2)c(Cl)c1. The highest BCUT2D eigenvalue weighted by Gasteiger charge is 2.30. The van der Waals surface area contributed by atoms with E-state index in [4.69, 9.17) is 28.9 Å². The number of nitrogen functional groups attached to an aromatic ring is 1. The van der Waals surface area contributed by atoms with E-state index in [0.29, 0.717) is 18.8 Å². The number of thioether (sulfide) groups is 1. The third kappa shape index (κ3) is 2.72. The minimum atomic E-state index is -3.64. The van der Waals surface area contributed by atoms with Crippen molar-refractivity contribution >= 4 is 50.7 Å². The first kappa shape index (κ1) is 14.3. The van der Waals surface area contributed by atoms with E-state index < -0.39 is 10.0 Å². The second-order valence-corrected chi connectivity index (χ2v) is 7.74. The van der Waals surface area contributed by atoms with Gasteiger partial charge in [-0.25, -0.2) is 8.42 Å². The Morgan fingerprint density at radius 3 is 2.17 bits per heavy atom. The van der Waals surface area contributed by atoms with Gasteiger partial charge in [0, 0.05) is 30.3 Å². The molecule has 0 atom stereocenters. The number of halogens is 2. The lowest BCUT2D eigenvalue weighted by molar-refractivity contribution is 0.443. The van der Waals surface area contributed by atoms with Crippen molar-refractivity contribution in [3.05, 3.63) is 22.2 Å². The van der Waals surface area contributed by atoms with Crippen LogP contribution in [0.4, 0.5) is 5.69 Å². The monoisotopic (exact) mass is 326 g/mol. The molecule has 0 amide bonds. The minimum absolute atomic E-state index is 0.0491. The van der Waals surface area contributed by atoms with Gasteiger partial charge < -0.3 is 5.73 Å². The van der Waals surface area contributed by atoms with Crippen LogP contribution >= 0.6 is 35.0 Å². The van der Waals surface area contributed by atoms with Crippen LogP contribution < -0.4 is 5.73 Å². The first-order valence-electron chi connectivity index (χ1n) is 5.25. The summed E-state index contributed by atoms with van der Waals surface area (Å²) in [6.45, 7) is 0.952. The molecule has 0 aromatic heterocycles. The lowest BCUT2D eigenvalue weighted by Gasteiger charge is -2.26. The third-order valence-corrected chi connectivity index (χ3v) is 6.35. The number of anilines is 1. The Hall–Kier alpha value is -0.140. The molecule has 0 spiro atoms. The summed E-state index contributed by atoms with van der Waals surface area (Å²) in [4.78, 5) is -0.0491. The van der Waals surface area contributed by atoms with E-state index in [1.54, 1.807) is 11.8 Å². The standard InChI is InChI=1S/C10H12Cl2N2O2S2/c11-8-5-7(13)6-9(12)10(8)18(15,16)14-1-3-17-4-2-14/h5-6H,1-4,13H2. The summed E-state index contributed by atoms with van der Waals surface area (Å²) in [6.07, 6.45) is 0. The summed E-state index contributed by atoms with van der Waals surface area (Å²) >= 11 is 13.7. The van der Waals surface area contributed by atoms with Crippen molar-refractivity contribution in [1.29, 1.82) is 0 Å². The largest absolute Gasteiger partial charge is 0.399 e. The summed E-state index contributed by atoms with van der Waals surface area (Å²) in [6, 6.07) is 2.80. The molecule has 1 fully saturated rings. The molecule has 4 nitrogen and oxygen atoms in total. The maximum Gasteiger partial charge on any atom is 0.246 e. The van der Waals surface area contributed by atoms with Crippen molar-refractivity contribution in [2.45, 2.75) is 4.90 Å². The smallest absolute Gasteiger partial charge is 0.246 e. The summed E-state index contributed by atoms with van der Waals surface area (Å²) < 4.78 is 26.3. The van der Waals surface area contributed by atoms with Crippen molar-refractivity contribution in [3.63, 3.8) is 0 Å². The molecule has 2 rings (SSSR count). The summed E-state index contributed by atoms with van der Waals surface area (Å²) in [5, 5.41) is 0.136. The Morgan fingerprint density at radius 2 is 1.67 bits per heavy atom. The highest BCUT2D eigenvalue weighted by Crippen LogP contribution is 2.34. The van der Waals surface area contributed by atoms with Crippen molar-refractivity contribution < 1.29 is 8.42 Å². The minimum Gasteiger partial charge on any atom is -0.399 e. The van der Waals surface area contributed by atoms with Crippen LogP contribution in [-0.4, -0.2) is 37.3 Å². The number of hydrogen-bond acceptors (Lipinski definition) is 4. The van der Waals surface area contributed by atoms with Crippen LogP contribution in [0, 0.1) is 0 Å². The van der Waals surface area contributed by atoms with Crippen molar-refractivity contribution in [1.82, 2.24) is 4.31 Å². The van der Waals surface area contributed by atoms with Crippen molar-refractivity contribution in [2.75, 3.05) is 30.3 Å². The molecule has 18 heavy (non-hydrogen) atoms. The molecule has 0 unspecified atom stereocenters. The van der Waals surface area contributed by atoms with Crippen LogP contribution in [-0.2, 0) is 10.0 Å². The van der Waals surface area contributed by atoms with Crippen molar-refractivity contribution in [2.24, 2.45) is 0 Å². The highest BCUT2D eigenvalue weighted by molar-refractivity contribution is 7.99. The Morgan fingerprint density at radius 1 is 1.17 bits per heavy atom. The molecule has 1 aromatic rings. The molecule has 0 aliphatic carbocycles. The normalized spacial score (nSPS) is 17.9. The van der Waals surface area contributed by atoms with E-state index in [2.05, 4.69) is 0 Å². The first-order chi connectivity index (χ1) is 8.43. The van der Waals surface area contributed by atoms with E-state index in [-0.39, 0.29) is 14.9 Å². The molecule has 1 heterocycles. The van der Waals surface area contributed by atoms with Gasteiger partial charge in [-0.2, -0.15) is 16.1 Å². The molecule has 0 radical (unpaired) electrons. The molecule has 0 saturated carbocycles. The number of rotatable bonds is 2. The highest BCUT2D eigenvalue weighted by atomic mass is 35.5. The number of nitrogens with zero attached hydrogens (tertiary/aromatic N) is 1.